The molecule has 2 aliphatic heterocycles. The lowest BCUT2D eigenvalue weighted by Gasteiger charge is -2.33. The molecule has 4 nitrogen and oxygen atoms in total. The fourth-order valence-electron chi connectivity index (χ4n) is 4.29. The van der Waals surface area contributed by atoms with Crippen molar-refractivity contribution < 1.29 is 19.7 Å². The van der Waals surface area contributed by atoms with Crippen molar-refractivity contribution in [3.63, 3.8) is 0 Å². The molecule has 1 saturated carbocycles. The van der Waals surface area contributed by atoms with E-state index in [1.807, 2.05) is 39.0 Å². The van der Waals surface area contributed by atoms with Crippen LogP contribution in [0.25, 0.3) is 0 Å². The first-order chi connectivity index (χ1) is 11.3. The number of hydrogen-bond acceptors (Lipinski definition) is 4. The van der Waals surface area contributed by atoms with Crippen LogP contribution in [0, 0.1) is 11.8 Å². The van der Waals surface area contributed by atoms with E-state index in [1.165, 1.54) is 5.57 Å². The Morgan fingerprint density at radius 2 is 2.17 bits per heavy atom. The third-order valence-corrected chi connectivity index (χ3v) is 5.84. The quantitative estimate of drug-likeness (QED) is 0.473. The second kappa shape index (κ2) is 6.41. The van der Waals surface area contributed by atoms with Gasteiger partial charge < -0.3 is 19.7 Å². The van der Waals surface area contributed by atoms with Crippen molar-refractivity contribution in [2.24, 2.45) is 11.8 Å². The third-order valence-electron chi connectivity index (χ3n) is 5.84. The smallest absolute Gasteiger partial charge is 0.113 e. The first-order valence-corrected chi connectivity index (χ1v) is 8.92. The molecule has 0 amide bonds. The van der Waals surface area contributed by atoms with Gasteiger partial charge in [-0.05, 0) is 40.0 Å². The molecule has 0 bridgehead atoms. The molecule has 6 atom stereocenters. The second-order valence-electron chi connectivity index (χ2n) is 8.09. The van der Waals surface area contributed by atoms with Crippen LogP contribution in [0.4, 0.5) is 0 Å². The van der Waals surface area contributed by atoms with Gasteiger partial charge in [0.25, 0.3) is 0 Å². The summed E-state index contributed by atoms with van der Waals surface area (Å²) < 4.78 is 11.8. The molecule has 0 aromatic carbocycles. The summed E-state index contributed by atoms with van der Waals surface area (Å²) in [6, 6.07) is 0. The molecule has 4 heteroatoms. The highest BCUT2D eigenvalue weighted by molar-refractivity contribution is 5.23. The SMILES string of the molecule is C=C1C[C@H]2O[C@H]2[C@@](C)(O)CCC2[C@H]1CO[C@@]2(/C=C/C=C(C)C)CO. The minimum atomic E-state index is -0.826. The highest BCUT2D eigenvalue weighted by Gasteiger charge is 2.56. The Kier molecular flexibility index (Phi) is 4.77. The maximum Gasteiger partial charge on any atom is 0.113 e. The maximum atomic E-state index is 10.7. The molecule has 2 heterocycles. The van der Waals surface area contributed by atoms with Crippen LogP contribution in [0.2, 0.25) is 0 Å². The zero-order valence-corrected chi connectivity index (χ0v) is 15.0. The van der Waals surface area contributed by atoms with Gasteiger partial charge in [-0.25, -0.2) is 0 Å². The van der Waals surface area contributed by atoms with E-state index in [0.717, 1.165) is 18.4 Å². The van der Waals surface area contributed by atoms with Gasteiger partial charge in [-0.3, -0.25) is 0 Å². The van der Waals surface area contributed by atoms with Crippen LogP contribution in [0.5, 0.6) is 0 Å². The van der Waals surface area contributed by atoms with Crippen molar-refractivity contribution in [2.75, 3.05) is 13.2 Å². The van der Waals surface area contributed by atoms with E-state index < -0.39 is 11.2 Å². The topological polar surface area (TPSA) is 62.2 Å². The van der Waals surface area contributed by atoms with Crippen molar-refractivity contribution >= 4 is 0 Å². The first-order valence-electron chi connectivity index (χ1n) is 8.92. The Balaban J connectivity index is 1.87. The van der Waals surface area contributed by atoms with Gasteiger partial charge >= 0.3 is 0 Å². The normalized spacial score (nSPS) is 45.1. The number of allylic oxidation sites excluding steroid dienone is 3. The summed E-state index contributed by atoms with van der Waals surface area (Å²) in [7, 11) is 0. The average molecular weight is 334 g/mol. The highest BCUT2D eigenvalue weighted by Crippen LogP contribution is 2.50. The lowest BCUT2D eigenvalue weighted by atomic mass is 9.74. The zero-order chi connectivity index (χ0) is 17.5. The molecule has 0 aromatic heterocycles. The van der Waals surface area contributed by atoms with Gasteiger partial charge in [-0.15, -0.1) is 0 Å². The summed E-state index contributed by atoms with van der Waals surface area (Å²) in [6.45, 7) is 10.7. The third kappa shape index (κ3) is 3.25. The summed E-state index contributed by atoms with van der Waals surface area (Å²) >= 11 is 0. The second-order valence-corrected chi connectivity index (χ2v) is 8.09. The molecule has 2 N–H and O–H groups in total. The summed E-state index contributed by atoms with van der Waals surface area (Å²) in [5.41, 5.74) is 0.808. The van der Waals surface area contributed by atoms with Crippen LogP contribution in [-0.4, -0.2) is 46.8 Å². The Hall–Kier alpha value is -0.940. The van der Waals surface area contributed by atoms with Crippen molar-refractivity contribution in [3.05, 3.63) is 36.0 Å². The molecule has 24 heavy (non-hydrogen) atoms. The zero-order valence-electron chi connectivity index (χ0n) is 15.0. The van der Waals surface area contributed by atoms with Gasteiger partial charge in [0, 0.05) is 11.8 Å². The van der Waals surface area contributed by atoms with E-state index in [-0.39, 0.29) is 30.7 Å². The van der Waals surface area contributed by atoms with E-state index >= 15 is 0 Å². The summed E-state index contributed by atoms with van der Waals surface area (Å²) in [5, 5.41) is 20.8. The lowest BCUT2D eigenvalue weighted by molar-refractivity contribution is -0.0354. The minimum Gasteiger partial charge on any atom is -0.393 e. The molecule has 0 spiro atoms. The minimum absolute atomic E-state index is 0.0555. The van der Waals surface area contributed by atoms with Gasteiger partial charge in [0.2, 0.25) is 0 Å². The average Bonchev–Trinajstić information content (AvgIpc) is 3.18. The molecular weight excluding hydrogens is 304 g/mol. The fourth-order valence-corrected chi connectivity index (χ4v) is 4.29. The monoisotopic (exact) mass is 334 g/mol. The predicted molar refractivity (Wildman–Crippen MR) is 93.6 cm³/mol. The van der Waals surface area contributed by atoms with Gasteiger partial charge in [-0.1, -0.05) is 36.0 Å². The molecular formula is C20H30O4. The van der Waals surface area contributed by atoms with Crippen molar-refractivity contribution in [2.45, 2.75) is 63.4 Å². The van der Waals surface area contributed by atoms with E-state index in [4.69, 9.17) is 9.47 Å². The fraction of sp³-hybridized carbons (Fsp3) is 0.700. The maximum absolute atomic E-state index is 10.7. The Morgan fingerprint density at radius 1 is 1.42 bits per heavy atom. The molecule has 3 aliphatic rings. The first kappa shape index (κ1) is 17.9. The van der Waals surface area contributed by atoms with Crippen molar-refractivity contribution in [3.8, 4) is 0 Å². The number of aliphatic hydroxyl groups excluding tert-OH is 1. The number of fused-ring (bicyclic) bond motifs is 2. The number of aliphatic hydroxyl groups is 2. The van der Waals surface area contributed by atoms with Gasteiger partial charge in [0.05, 0.1) is 24.9 Å². The van der Waals surface area contributed by atoms with Crippen LogP contribution in [0.15, 0.2) is 36.0 Å². The molecule has 3 fully saturated rings. The predicted octanol–water partition coefficient (Wildman–Crippen LogP) is 2.76. The summed E-state index contributed by atoms with van der Waals surface area (Å²) in [4.78, 5) is 0. The van der Waals surface area contributed by atoms with Crippen LogP contribution in [-0.2, 0) is 9.47 Å². The lowest BCUT2D eigenvalue weighted by Crippen LogP contribution is -2.41. The molecule has 1 unspecified atom stereocenters. The largest absolute Gasteiger partial charge is 0.393 e. The van der Waals surface area contributed by atoms with E-state index in [0.29, 0.717) is 13.0 Å². The van der Waals surface area contributed by atoms with Crippen LogP contribution in [0.3, 0.4) is 0 Å². The van der Waals surface area contributed by atoms with Crippen LogP contribution >= 0.6 is 0 Å². The van der Waals surface area contributed by atoms with Crippen LogP contribution < -0.4 is 0 Å². The molecule has 0 aromatic rings. The molecule has 1 aliphatic carbocycles. The Labute approximate surface area is 144 Å². The number of hydrogen-bond donors (Lipinski definition) is 2. The van der Waals surface area contributed by atoms with E-state index in [1.54, 1.807) is 0 Å². The van der Waals surface area contributed by atoms with E-state index in [9.17, 15) is 10.2 Å². The van der Waals surface area contributed by atoms with Gasteiger partial charge in [0.15, 0.2) is 0 Å². The van der Waals surface area contributed by atoms with Crippen molar-refractivity contribution in [1.29, 1.82) is 0 Å². The summed E-state index contributed by atoms with van der Waals surface area (Å²) in [6.07, 6.45) is 8.18. The Morgan fingerprint density at radius 3 is 2.83 bits per heavy atom. The molecule has 3 rings (SSSR count). The van der Waals surface area contributed by atoms with Crippen LogP contribution in [0.1, 0.15) is 40.0 Å². The standard InChI is InChI=1S/C20H30O4/c1-13(2)6-5-8-20(12-21)16-7-9-19(4,22)18-17(24-18)10-14(3)15(16)11-23-20/h5-6,8,15-18,21-22H,3,7,9-12H2,1-2,4H3/b8-5+/t15-,16?,17+,18+,19-,20-/m0/s1. The molecule has 134 valence electrons. The van der Waals surface area contributed by atoms with Gasteiger partial charge in [0.1, 0.15) is 11.7 Å². The number of rotatable bonds is 3. The highest BCUT2D eigenvalue weighted by atomic mass is 16.6. The Bertz CT molecular complexity index is 558. The number of epoxide rings is 1. The van der Waals surface area contributed by atoms with Crippen molar-refractivity contribution in [1.82, 2.24) is 0 Å². The molecule has 2 saturated heterocycles. The van der Waals surface area contributed by atoms with E-state index in [2.05, 4.69) is 6.58 Å². The van der Waals surface area contributed by atoms with Gasteiger partial charge in [-0.2, -0.15) is 0 Å². The summed E-state index contributed by atoms with van der Waals surface area (Å²) in [5.74, 6) is 0.327. The molecule has 0 radical (unpaired) electrons. The number of ether oxygens (including phenoxy) is 2.